The maximum Gasteiger partial charge on any atom is 0.275 e. The molecule has 1 aliphatic heterocycles. The first-order chi connectivity index (χ1) is 19.8. The zero-order chi connectivity index (χ0) is 29.1. The van der Waals surface area contributed by atoms with Crippen LogP contribution >= 0.6 is 0 Å². The zero-order valence-corrected chi connectivity index (χ0v) is 24.5. The van der Waals surface area contributed by atoms with E-state index in [1.165, 1.54) is 5.69 Å². The molecule has 210 valence electrons. The fourth-order valence-electron chi connectivity index (χ4n) is 5.96. The summed E-state index contributed by atoms with van der Waals surface area (Å²) in [6.07, 6.45) is 9.57. The Balaban J connectivity index is 1.22. The van der Waals surface area contributed by atoms with Crippen LogP contribution in [0.15, 0.2) is 55.4 Å². The van der Waals surface area contributed by atoms with E-state index in [0.717, 1.165) is 90.0 Å². The minimum Gasteiger partial charge on any atom is -0.369 e. The van der Waals surface area contributed by atoms with Crippen LogP contribution in [0.5, 0.6) is 0 Å². The van der Waals surface area contributed by atoms with E-state index in [2.05, 4.69) is 63.8 Å². The highest BCUT2D eigenvalue weighted by Crippen LogP contribution is 2.31. The van der Waals surface area contributed by atoms with Crippen molar-refractivity contribution in [2.75, 3.05) is 17.2 Å². The van der Waals surface area contributed by atoms with Crippen LogP contribution in [0.3, 0.4) is 0 Å². The molecule has 0 bridgehead atoms. The van der Waals surface area contributed by atoms with Crippen molar-refractivity contribution in [3.63, 3.8) is 0 Å². The van der Waals surface area contributed by atoms with E-state index < -0.39 is 0 Å². The average Bonchev–Trinajstić information content (AvgIpc) is 3.48. The van der Waals surface area contributed by atoms with E-state index >= 15 is 0 Å². The Bertz CT molecular complexity index is 1620. The molecule has 0 aliphatic carbocycles. The number of hydrogen-bond acceptors (Lipinski definition) is 6. The van der Waals surface area contributed by atoms with Crippen LogP contribution in [0.4, 0.5) is 11.6 Å². The molecule has 4 aromatic rings. The van der Waals surface area contributed by atoms with Crippen molar-refractivity contribution in [2.24, 2.45) is 13.0 Å². The Labute approximate surface area is 243 Å². The molecule has 5 rings (SSSR count). The third kappa shape index (κ3) is 6.07. The molecular formula is C32H39BN8. The number of benzene rings is 1. The lowest BCUT2D eigenvalue weighted by atomic mass is 9.44. The van der Waals surface area contributed by atoms with Crippen LogP contribution in [-0.2, 0) is 20.0 Å². The van der Waals surface area contributed by atoms with Gasteiger partial charge in [0.2, 0.25) is 5.95 Å². The molecule has 1 aliphatic rings. The lowest BCUT2D eigenvalue weighted by molar-refractivity contribution is 0.437. The van der Waals surface area contributed by atoms with Gasteiger partial charge in [0.15, 0.2) is 0 Å². The number of aromatic nitrogens is 5. The molecule has 41 heavy (non-hydrogen) atoms. The number of nitrogens with zero attached hydrogens (tertiary/aromatic N) is 7. The minimum absolute atomic E-state index is 0.0540. The number of anilines is 2. The molecule has 8 nitrogen and oxygen atoms in total. The van der Waals surface area contributed by atoms with Crippen LogP contribution in [0.2, 0.25) is 12.6 Å². The van der Waals surface area contributed by atoms with Gasteiger partial charge in [-0.2, -0.15) is 5.10 Å². The number of hydrogen-bond donors (Lipinski definition) is 1. The lowest BCUT2D eigenvalue weighted by Crippen LogP contribution is -2.34. The van der Waals surface area contributed by atoms with Gasteiger partial charge in [-0.25, -0.2) is 10.2 Å². The first kappa shape index (κ1) is 28.2. The smallest absolute Gasteiger partial charge is 0.275 e. The summed E-state index contributed by atoms with van der Waals surface area (Å²) in [6.45, 7) is 14.1. The van der Waals surface area contributed by atoms with E-state index in [0.29, 0.717) is 18.2 Å². The second kappa shape index (κ2) is 12.1. The van der Waals surface area contributed by atoms with E-state index in [1.54, 1.807) is 0 Å². The Morgan fingerprint density at radius 2 is 2.05 bits per heavy atom. The largest absolute Gasteiger partial charge is 0.369 e. The van der Waals surface area contributed by atoms with Crippen molar-refractivity contribution in [1.82, 2.24) is 24.3 Å². The van der Waals surface area contributed by atoms with E-state index in [-0.39, 0.29) is 6.71 Å². The van der Waals surface area contributed by atoms with Crippen molar-refractivity contribution in [3.8, 4) is 17.2 Å². The summed E-state index contributed by atoms with van der Waals surface area (Å²) in [4.78, 5) is 11.6. The van der Waals surface area contributed by atoms with Gasteiger partial charge in [0.05, 0.1) is 22.9 Å². The molecule has 0 amide bonds. The lowest BCUT2D eigenvalue weighted by Gasteiger charge is -2.32. The van der Waals surface area contributed by atoms with Crippen molar-refractivity contribution in [3.05, 3.63) is 72.3 Å². The molecule has 0 saturated carbocycles. The Kier molecular flexibility index (Phi) is 8.30. The number of rotatable bonds is 10. The second-order valence-corrected chi connectivity index (χ2v) is 11.4. The minimum atomic E-state index is 0.0540. The summed E-state index contributed by atoms with van der Waals surface area (Å²) < 4.78 is 4.12. The molecular weight excluding hydrogens is 507 g/mol. The molecule has 0 radical (unpaired) electrons. The van der Waals surface area contributed by atoms with Gasteiger partial charge in [-0.15, -0.1) is 0 Å². The van der Waals surface area contributed by atoms with Crippen molar-refractivity contribution in [2.45, 2.75) is 58.7 Å². The average molecular weight is 547 g/mol. The van der Waals surface area contributed by atoms with E-state index in [1.807, 2.05) is 43.1 Å². The first-order valence-electron chi connectivity index (χ1n) is 14.5. The summed E-state index contributed by atoms with van der Waals surface area (Å²) >= 11 is 0. The van der Waals surface area contributed by atoms with Gasteiger partial charge in [-0.1, -0.05) is 32.6 Å². The van der Waals surface area contributed by atoms with Crippen molar-refractivity contribution >= 4 is 35.5 Å². The highest BCUT2D eigenvalue weighted by atomic mass is 15.3. The van der Waals surface area contributed by atoms with Crippen LogP contribution < -0.4 is 10.6 Å². The Morgan fingerprint density at radius 1 is 1.22 bits per heavy atom. The predicted molar refractivity (Wildman–Crippen MR) is 170 cm³/mol. The molecule has 1 unspecified atom stereocenters. The van der Waals surface area contributed by atoms with Gasteiger partial charge >= 0.3 is 0 Å². The van der Waals surface area contributed by atoms with Gasteiger partial charge in [-0.3, -0.25) is 9.67 Å². The monoisotopic (exact) mass is 546 g/mol. The van der Waals surface area contributed by atoms with Gasteiger partial charge in [-0.05, 0) is 80.6 Å². The van der Waals surface area contributed by atoms with Crippen molar-refractivity contribution in [1.29, 1.82) is 5.26 Å². The topological polar surface area (TPSA) is 102 Å². The maximum atomic E-state index is 9.31. The van der Waals surface area contributed by atoms with Gasteiger partial charge in [0.25, 0.3) is 6.71 Å². The molecule has 1 fully saturated rings. The summed E-state index contributed by atoms with van der Waals surface area (Å²) in [5, 5.41) is 13.8. The molecule has 1 saturated heterocycles. The van der Waals surface area contributed by atoms with Crippen LogP contribution in [0, 0.1) is 24.1 Å². The molecule has 4 heterocycles. The molecule has 0 spiro atoms. The normalized spacial score (nSPS) is 14.4. The zero-order valence-electron chi connectivity index (χ0n) is 24.5. The fraction of sp³-hybridized carbons (Fsp3) is 0.375. The summed E-state index contributed by atoms with van der Waals surface area (Å²) in [7, 11) is 2.01. The number of nitriles is 1. The van der Waals surface area contributed by atoms with Crippen molar-refractivity contribution < 1.29 is 0 Å². The molecule has 9 heteroatoms. The number of imidazole rings is 1. The third-order valence-corrected chi connectivity index (χ3v) is 8.22. The quantitative estimate of drug-likeness (QED) is 0.185. The third-order valence-electron chi connectivity index (χ3n) is 8.22. The summed E-state index contributed by atoms with van der Waals surface area (Å²) in [6, 6.07) is 10.4. The Hall–Kier alpha value is -4.32. The number of aryl methyl sites for hydroxylation is 2. The first-order valence-corrected chi connectivity index (χ1v) is 14.5. The number of pyridine rings is 1. The predicted octanol–water partition coefficient (Wildman–Crippen LogP) is 6.31. The number of unbranched alkanes of at least 4 members (excludes halogenated alkanes) is 1. The van der Waals surface area contributed by atoms with Gasteiger partial charge in [0, 0.05) is 54.4 Å². The molecule has 1 atom stereocenters. The SMILES string of the molecule is C=Cc1cc(C)nc(-c2cnn(C)c2CCCCC(C)Cn2c(N)nc3ccc(N4CCB(C#N)CC4=C)cc32)c1. The van der Waals surface area contributed by atoms with Crippen LogP contribution in [-0.4, -0.2) is 37.6 Å². The van der Waals surface area contributed by atoms with E-state index in [4.69, 9.17) is 10.7 Å². The number of allylic oxidation sites excluding steroid dienone is 1. The number of nitrogen functional groups attached to an aromatic ring is 1. The highest BCUT2D eigenvalue weighted by molar-refractivity contribution is 6.68. The molecule has 1 aromatic carbocycles. The fourth-order valence-corrected chi connectivity index (χ4v) is 5.96. The summed E-state index contributed by atoms with van der Waals surface area (Å²) in [5.74, 6) is 3.38. The number of nitrogens with two attached hydrogens (primary N) is 1. The van der Waals surface area contributed by atoms with Gasteiger partial charge in [0.1, 0.15) is 0 Å². The van der Waals surface area contributed by atoms with E-state index in [9.17, 15) is 5.26 Å². The summed E-state index contributed by atoms with van der Waals surface area (Å²) in [5.41, 5.74) is 15.7. The number of fused-ring (bicyclic) bond motifs is 1. The molecule has 3 aromatic heterocycles. The van der Waals surface area contributed by atoms with Crippen LogP contribution in [0.1, 0.15) is 43.1 Å². The maximum absolute atomic E-state index is 9.31. The Morgan fingerprint density at radius 3 is 2.80 bits per heavy atom. The van der Waals surface area contributed by atoms with Crippen LogP contribution in [0.25, 0.3) is 28.4 Å². The highest BCUT2D eigenvalue weighted by Gasteiger charge is 2.26. The molecule has 2 N–H and O–H groups in total. The van der Waals surface area contributed by atoms with Gasteiger partial charge < -0.3 is 15.2 Å². The second-order valence-electron chi connectivity index (χ2n) is 11.4. The standard InChI is InChI=1S/C32H39BN8/c1-6-25-15-23(3)37-29(16-25)27-19-36-39(5)30(27)10-8-7-9-22(2)20-41-31-17-26(11-12-28(31)38-32(41)35)40-14-13-33(21-34)18-24(40)4/h6,11-12,15-17,19,22H,1,4,7-10,13-14,18,20H2,2-3,5H3,(H2,35,38).